The summed E-state index contributed by atoms with van der Waals surface area (Å²) in [6, 6.07) is 4.49. The molecule has 0 saturated carbocycles. The number of methoxy groups -OCH3 is 1. The summed E-state index contributed by atoms with van der Waals surface area (Å²) in [6.45, 7) is 3.86. The lowest BCUT2D eigenvalue weighted by atomic mass is 10.0. The molecular formula is C14H19NO4. The smallest absolute Gasteiger partial charge is 0.337 e. The van der Waals surface area contributed by atoms with Gasteiger partial charge in [-0.15, -0.1) is 0 Å². The first-order chi connectivity index (χ1) is 9.03. The van der Waals surface area contributed by atoms with Crippen molar-refractivity contribution in [3.63, 3.8) is 0 Å². The van der Waals surface area contributed by atoms with Crippen LogP contribution in [0.3, 0.4) is 0 Å². The first-order valence-corrected chi connectivity index (χ1v) is 6.25. The maximum absolute atomic E-state index is 12.0. The van der Waals surface area contributed by atoms with Crippen LogP contribution < -0.4 is 10.1 Å². The number of carboxylic acids is 1. The third-order valence-corrected chi connectivity index (χ3v) is 3.07. The Morgan fingerprint density at radius 3 is 2.42 bits per heavy atom. The molecule has 0 atom stereocenters. The minimum Gasteiger partial charge on any atom is -0.497 e. The van der Waals surface area contributed by atoms with Crippen LogP contribution >= 0.6 is 0 Å². The van der Waals surface area contributed by atoms with Gasteiger partial charge in [-0.05, 0) is 25.0 Å². The molecule has 0 heterocycles. The summed E-state index contributed by atoms with van der Waals surface area (Å²) in [5.41, 5.74) is 0.323. The van der Waals surface area contributed by atoms with Crippen molar-refractivity contribution in [3.05, 3.63) is 23.8 Å². The van der Waals surface area contributed by atoms with Crippen molar-refractivity contribution in [1.29, 1.82) is 0 Å². The number of anilines is 1. The van der Waals surface area contributed by atoms with Crippen molar-refractivity contribution in [2.45, 2.75) is 26.7 Å². The molecule has 1 aromatic rings. The largest absolute Gasteiger partial charge is 0.497 e. The average Bonchev–Trinajstić information content (AvgIpc) is 2.39. The van der Waals surface area contributed by atoms with Gasteiger partial charge in [-0.2, -0.15) is 0 Å². The highest BCUT2D eigenvalue weighted by Gasteiger charge is 2.18. The van der Waals surface area contributed by atoms with E-state index in [0.717, 1.165) is 0 Å². The predicted molar refractivity (Wildman–Crippen MR) is 72.7 cm³/mol. The average molecular weight is 265 g/mol. The van der Waals surface area contributed by atoms with E-state index in [2.05, 4.69) is 5.32 Å². The van der Waals surface area contributed by atoms with Gasteiger partial charge in [0.05, 0.1) is 18.4 Å². The molecule has 19 heavy (non-hydrogen) atoms. The van der Waals surface area contributed by atoms with Crippen molar-refractivity contribution in [2.75, 3.05) is 12.4 Å². The molecule has 5 nitrogen and oxygen atoms in total. The molecule has 0 bridgehead atoms. The van der Waals surface area contributed by atoms with Crippen LogP contribution in [0.4, 0.5) is 5.69 Å². The first-order valence-electron chi connectivity index (χ1n) is 6.25. The third kappa shape index (κ3) is 3.71. The Hall–Kier alpha value is -2.04. The van der Waals surface area contributed by atoms with Gasteiger partial charge in [-0.1, -0.05) is 13.8 Å². The minimum absolute atomic E-state index is 0.0557. The molecule has 0 aliphatic heterocycles. The maximum atomic E-state index is 12.0. The highest BCUT2D eigenvalue weighted by Crippen LogP contribution is 2.24. The highest BCUT2D eigenvalue weighted by molar-refractivity contribution is 6.01. The maximum Gasteiger partial charge on any atom is 0.337 e. The molecule has 1 amide bonds. The van der Waals surface area contributed by atoms with Gasteiger partial charge in [0.2, 0.25) is 5.91 Å². The summed E-state index contributed by atoms with van der Waals surface area (Å²) in [6.07, 6.45) is 1.43. The molecule has 1 rings (SSSR count). The fourth-order valence-electron chi connectivity index (χ4n) is 1.83. The summed E-state index contributed by atoms with van der Waals surface area (Å²) >= 11 is 0. The molecule has 104 valence electrons. The zero-order valence-corrected chi connectivity index (χ0v) is 11.4. The number of amides is 1. The van der Waals surface area contributed by atoms with E-state index in [0.29, 0.717) is 18.6 Å². The second kappa shape index (κ2) is 6.78. The lowest BCUT2D eigenvalue weighted by Crippen LogP contribution is -2.23. The van der Waals surface area contributed by atoms with Gasteiger partial charge in [0, 0.05) is 12.0 Å². The topological polar surface area (TPSA) is 75.6 Å². The van der Waals surface area contributed by atoms with E-state index in [4.69, 9.17) is 9.84 Å². The van der Waals surface area contributed by atoms with Gasteiger partial charge >= 0.3 is 5.97 Å². The Balaban J connectivity index is 3.03. The van der Waals surface area contributed by atoms with Crippen LogP contribution in [0.5, 0.6) is 5.75 Å². The fraction of sp³-hybridized carbons (Fsp3) is 0.429. The number of hydrogen-bond acceptors (Lipinski definition) is 3. The number of ether oxygens (including phenoxy) is 1. The van der Waals surface area contributed by atoms with Crippen LogP contribution in [0, 0.1) is 5.92 Å². The third-order valence-electron chi connectivity index (χ3n) is 3.07. The summed E-state index contributed by atoms with van der Waals surface area (Å²) in [7, 11) is 1.49. The Morgan fingerprint density at radius 1 is 1.32 bits per heavy atom. The molecular weight excluding hydrogens is 246 g/mol. The van der Waals surface area contributed by atoms with Crippen molar-refractivity contribution < 1.29 is 19.4 Å². The summed E-state index contributed by atoms with van der Waals surface area (Å²) in [5.74, 6) is -0.860. The van der Waals surface area contributed by atoms with Gasteiger partial charge in [-0.3, -0.25) is 4.79 Å². The summed E-state index contributed by atoms with van der Waals surface area (Å²) in [5, 5.41) is 11.8. The second-order valence-electron chi connectivity index (χ2n) is 4.22. The number of nitrogens with one attached hydrogen (secondary N) is 1. The van der Waals surface area contributed by atoms with Crippen LogP contribution in [0.1, 0.15) is 37.0 Å². The molecule has 0 aliphatic rings. The van der Waals surface area contributed by atoms with Crippen LogP contribution in [0.2, 0.25) is 0 Å². The summed E-state index contributed by atoms with van der Waals surface area (Å²) < 4.78 is 5.04. The lowest BCUT2D eigenvalue weighted by molar-refractivity contribution is -0.120. The fourth-order valence-corrected chi connectivity index (χ4v) is 1.83. The molecule has 0 aliphatic carbocycles. The Kier molecular flexibility index (Phi) is 5.36. The van der Waals surface area contributed by atoms with Crippen LogP contribution in [-0.4, -0.2) is 24.1 Å². The van der Waals surface area contributed by atoms with Crippen molar-refractivity contribution in [2.24, 2.45) is 5.92 Å². The highest BCUT2D eigenvalue weighted by atomic mass is 16.5. The van der Waals surface area contributed by atoms with Crippen LogP contribution in [0.15, 0.2) is 18.2 Å². The Labute approximate surface area is 112 Å². The zero-order chi connectivity index (χ0) is 14.4. The number of hydrogen-bond donors (Lipinski definition) is 2. The van der Waals surface area contributed by atoms with Gasteiger partial charge < -0.3 is 15.2 Å². The monoisotopic (exact) mass is 265 g/mol. The van der Waals surface area contributed by atoms with E-state index in [1.54, 1.807) is 6.07 Å². The van der Waals surface area contributed by atoms with E-state index >= 15 is 0 Å². The number of benzene rings is 1. The number of carboxylic acid groups (broad SMARTS) is 1. The van der Waals surface area contributed by atoms with Crippen molar-refractivity contribution in [1.82, 2.24) is 0 Å². The molecule has 0 aromatic heterocycles. The van der Waals surface area contributed by atoms with E-state index < -0.39 is 5.97 Å². The van der Waals surface area contributed by atoms with Crippen molar-refractivity contribution >= 4 is 17.6 Å². The minimum atomic E-state index is -1.08. The van der Waals surface area contributed by atoms with Gasteiger partial charge in [-0.25, -0.2) is 4.79 Å². The standard InChI is InChI=1S/C14H19NO4/c1-4-9(5-2)13(16)15-12-8-10(19-3)6-7-11(12)14(17)18/h6-9H,4-5H2,1-3H3,(H,15,16)(H,17,18). The van der Waals surface area contributed by atoms with Gasteiger partial charge in [0.25, 0.3) is 0 Å². The van der Waals surface area contributed by atoms with Crippen LogP contribution in [-0.2, 0) is 4.79 Å². The van der Waals surface area contributed by atoms with E-state index in [1.165, 1.54) is 19.2 Å². The lowest BCUT2D eigenvalue weighted by Gasteiger charge is -2.15. The number of carbonyl (C=O) groups is 2. The van der Waals surface area contributed by atoms with Crippen LogP contribution in [0.25, 0.3) is 0 Å². The number of carbonyl (C=O) groups excluding carboxylic acids is 1. The quantitative estimate of drug-likeness (QED) is 0.829. The molecule has 2 N–H and O–H groups in total. The SMILES string of the molecule is CCC(CC)C(=O)Nc1cc(OC)ccc1C(=O)O. The number of aromatic carboxylic acids is 1. The molecule has 5 heteroatoms. The molecule has 0 saturated heterocycles. The van der Waals surface area contributed by atoms with E-state index in [-0.39, 0.29) is 23.1 Å². The Morgan fingerprint density at radius 2 is 1.95 bits per heavy atom. The summed E-state index contributed by atoms with van der Waals surface area (Å²) in [4.78, 5) is 23.1. The normalized spacial score (nSPS) is 10.3. The second-order valence-corrected chi connectivity index (χ2v) is 4.22. The molecule has 0 fully saturated rings. The van der Waals surface area contributed by atoms with E-state index in [9.17, 15) is 9.59 Å². The molecule has 0 radical (unpaired) electrons. The molecule has 0 unspecified atom stereocenters. The number of rotatable bonds is 6. The Bertz CT molecular complexity index is 467. The first kappa shape index (κ1) is 15.0. The van der Waals surface area contributed by atoms with Gasteiger partial charge in [0.1, 0.15) is 5.75 Å². The molecule has 0 spiro atoms. The molecule has 1 aromatic carbocycles. The zero-order valence-electron chi connectivity index (χ0n) is 11.4. The van der Waals surface area contributed by atoms with Gasteiger partial charge in [0.15, 0.2) is 0 Å². The predicted octanol–water partition coefficient (Wildman–Crippen LogP) is 2.77. The van der Waals surface area contributed by atoms with E-state index in [1.807, 2.05) is 13.8 Å². The van der Waals surface area contributed by atoms with Crippen molar-refractivity contribution in [3.8, 4) is 5.75 Å².